The van der Waals surface area contributed by atoms with Crippen molar-refractivity contribution in [1.29, 1.82) is 0 Å². The van der Waals surface area contributed by atoms with Crippen molar-refractivity contribution in [2.75, 3.05) is 16.8 Å². The molecule has 9 nitrogen and oxygen atoms in total. The lowest BCUT2D eigenvalue weighted by molar-refractivity contribution is 0.340. The fourth-order valence-corrected chi connectivity index (χ4v) is 5.51. The maximum absolute atomic E-state index is 10.6. The first-order valence-electron chi connectivity index (χ1n) is 13.7. The van der Waals surface area contributed by atoms with Gasteiger partial charge in [-0.3, -0.25) is 0 Å². The van der Waals surface area contributed by atoms with Gasteiger partial charge < -0.3 is 25.2 Å². The van der Waals surface area contributed by atoms with Gasteiger partial charge in [-0.2, -0.15) is 5.10 Å². The number of aliphatic imine (C=N–C) groups is 2. The summed E-state index contributed by atoms with van der Waals surface area (Å²) < 4.78 is 7.47. The highest BCUT2D eigenvalue weighted by molar-refractivity contribution is 6.51. The predicted molar refractivity (Wildman–Crippen MR) is 164 cm³/mol. The Balaban J connectivity index is 1.46. The van der Waals surface area contributed by atoms with E-state index >= 15 is 0 Å². The Labute approximate surface area is 242 Å². The van der Waals surface area contributed by atoms with Gasteiger partial charge in [-0.05, 0) is 80.1 Å². The number of hydrogen-bond donors (Lipinski definition) is 3. The summed E-state index contributed by atoms with van der Waals surface area (Å²) in [5.41, 5.74) is 5.81. The number of rotatable bonds is 5. The van der Waals surface area contributed by atoms with Crippen molar-refractivity contribution < 1.29 is 14.9 Å². The van der Waals surface area contributed by atoms with Gasteiger partial charge in [0.2, 0.25) is 0 Å². The molecular weight excluding hydrogens is 528 g/mol. The number of nitrogens with one attached hydrogen (secondary N) is 1. The third-order valence-electron chi connectivity index (χ3n) is 7.38. The number of aromatic nitrogens is 2. The molecule has 0 aliphatic carbocycles. The number of anilines is 2. The number of benzene rings is 4. The zero-order valence-electron chi connectivity index (χ0n) is 23.1. The number of phenolic OH excluding ortho intramolecular Hbond substituents is 2. The highest BCUT2D eigenvalue weighted by Gasteiger charge is 2.41. The molecule has 9 heteroatoms. The van der Waals surface area contributed by atoms with Crippen LogP contribution in [0.5, 0.6) is 17.2 Å². The number of para-hydroxylation sites is 3. The maximum atomic E-state index is 10.6. The van der Waals surface area contributed by atoms with Crippen LogP contribution in [0.25, 0.3) is 5.69 Å². The standard InChI is InChI=1S/C33H28N6O3/c1-3-42-24-16-14-22(15-17-24)34-31-33-36-32-29(20(2)37-39(32)23-9-5-4-6-10-23)30(21-13-18-27(40)28(41)19-21)38(33)26-12-8-7-11-25(26)35-31/h4-19,30,40-41H,3H2,1-2H3,(H,34,35)/t30-/m1/s1. The third-order valence-corrected chi connectivity index (χ3v) is 7.38. The van der Waals surface area contributed by atoms with Gasteiger partial charge in [0, 0.05) is 11.3 Å². The molecule has 2 aliphatic heterocycles. The van der Waals surface area contributed by atoms with E-state index in [4.69, 9.17) is 19.8 Å². The largest absolute Gasteiger partial charge is 0.504 e. The van der Waals surface area contributed by atoms with E-state index < -0.39 is 6.04 Å². The van der Waals surface area contributed by atoms with E-state index in [0.717, 1.165) is 45.3 Å². The molecule has 0 saturated carbocycles. The second kappa shape index (κ2) is 10.1. The molecule has 208 valence electrons. The number of ether oxygens (including phenoxy) is 1. The van der Waals surface area contributed by atoms with Crippen molar-refractivity contribution >= 4 is 34.6 Å². The molecule has 3 heterocycles. The van der Waals surface area contributed by atoms with E-state index in [9.17, 15) is 10.2 Å². The summed E-state index contributed by atoms with van der Waals surface area (Å²) >= 11 is 0. The third kappa shape index (κ3) is 4.23. The van der Waals surface area contributed by atoms with E-state index in [1.165, 1.54) is 6.07 Å². The van der Waals surface area contributed by atoms with Crippen LogP contribution >= 0.6 is 0 Å². The lowest BCUT2D eigenvalue weighted by Crippen LogP contribution is -2.46. The predicted octanol–water partition coefficient (Wildman–Crippen LogP) is 6.79. The van der Waals surface area contributed by atoms with Gasteiger partial charge in [0.1, 0.15) is 5.75 Å². The molecular formula is C33H28N6O3. The molecule has 0 amide bonds. The van der Waals surface area contributed by atoms with Crippen LogP contribution < -0.4 is 15.0 Å². The number of amidine groups is 2. The molecule has 0 fully saturated rings. The average Bonchev–Trinajstić information content (AvgIpc) is 3.35. The van der Waals surface area contributed by atoms with E-state index in [-0.39, 0.29) is 11.5 Å². The normalized spacial score (nSPS) is 15.2. The van der Waals surface area contributed by atoms with Gasteiger partial charge >= 0.3 is 0 Å². The van der Waals surface area contributed by atoms with Gasteiger partial charge in [0.15, 0.2) is 29.0 Å². The van der Waals surface area contributed by atoms with E-state index in [1.807, 2.05) is 103 Å². The Morgan fingerprint density at radius 3 is 2.38 bits per heavy atom. The van der Waals surface area contributed by atoms with Crippen molar-refractivity contribution in [2.24, 2.45) is 9.98 Å². The smallest absolute Gasteiger partial charge is 0.179 e. The molecule has 1 atom stereocenters. The quantitative estimate of drug-likeness (QED) is 0.206. The van der Waals surface area contributed by atoms with Gasteiger partial charge in [-0.15, -0.1) is 0 Å². The van der Waals surface area contributed by atoms with E-state index in [1.54, 1.807) is 6.07 Å². The lowest BCUT2D eigenvalue weighted by Gasteiger charge is -2.40. The van der Waals surface area contributed by atoms with Crippen molar-refractivity contribution in [3.8, 4) is 22.9 Å². The summed E-state index contributed by atoms with van der Waals surface area (Å²) in [4.78, 5) is 12.3. The minimum Gasteiger partial charge on any atom is -0.504 e. The van der Waals surface area contributed by atoms with Crippen LogP contribution in [0.4, 0.5) is 22.9 Å². The zero-order chi connectivity index (χ0) is 28.8. The van der Waals surface area contributed by atoms with E-state index in [0.29, 0.717) is 24.1 Å². The minimum absolute atomic E-state index is 0.182. The van der Waals surface area contributed by atoms with Gasteiger partial charge in [0.05, 0.1) is 35.4 Å². The molecule has 0 spiro atoms. The van der Waals surface area contributed by atoms with Crippen LogP contribution in [0.2, 0.25) is 0 Å². The van der Waals surface area contributed by atoms with Crippen LogP contribution in [0.15, 0.2) is 107 Å². The van der Waals surface area contributed by atoms with Crippen LogP contribution in [0.3, 0.4) is 0 Å². The summed E-state index contributed by atoms with van der Waals surface area (Å²) in [6, 6.07) is 30.0. The summed E-state index contributed by atoms with van der Waals surface area (Å²) in [5.74, 6) is 2.24. The van der Waals surface area contributed by atoms with Crippen molar-refractivity contribution in [3.63, 3.8) is 0 Å². The first kappa shape index (κ1) is 25.4. The number of aryl methyl sites for hydroxylation is 1. The molecule has 7 rings (SSSR count). The maximum Gasteiger partial charge on any atom is 0.179 e. The number of hydrogen-bond acceptors (Lipinski definition) is 8. The van der Waals surface area contributed by atoms with Crippen LogP contribution in [-0.4, -0.2) is 38.3 Å². The first-order valence-corrected chi connectivity index (χ1v) is 13.7. The fourth-order valence-electron chi connectivity index (χ4n) is 5.51. The second-order valence-electron chi connectivity index (χ2n) is 10.1. The number of fused-ring (bicyclic) bond motifs is 4. The Morgan fingerprint density at radius 1 is 0.857 bits per heavy atom. The Morgan fingerprint density at radius 2 is 1.62 bits per heavy atom. The van der Waals surface area contributed by atoms with Crippen LogP contribution in [-0.2, 0) is 0 Å². The van der Waals surface area contributed by atoms with E-state index in [2.05, 4.69) is 10.2 Å². The Kier molecular flexibility index (Phi) is 6.12. The van der Waals surface area contributed by atoms with Crippen molar-refractivity contribution in [1.82, 2.24) is 9.78 Å². The lowest BCUT2D eigenvalue weighted by atomic mass is 9.93. The molecule has 0 bridgehead atoms. The topological polar surface area (TPSA) is 108 Å². The van der Waals surface area contributed by atoms with Crippen molar-refractivity contribution in [2.45, 2.75) is 19.9 Å². The Hall–Kier alpha value is -5.57. The molecule has 1 aromatic heterocycles. The van der Waals surface area contributed by atoms with Crippen LogP contribution in [0, 0.1) is 6.92 Å². The monoisotopic (exact) mass is 556 g/mol. The zero-order valence-corrected chi connectivity index (χ0v) is 23.1. The van der Waals surface area contributed by atoms with Crippen molar-refractivity contribution in [3.05, 3.63) is 114 Å². The highest BCUT2D eigenvalue weighted by Crippen LogP contribution is 2.49. The Bertz CT molecular complexity index is 1860. The molecule has 0 unspecified atom stereocenters. The molecule has 0 radical (unpaired) electrons. The molecule has 4 aromatic carbocycles. The summed E-state index contributed by atoms with van der Waals surface area (Å²) in [6.45, 7) is 4.51. The fraction of sp³-hybridized carbons (Fsp3) is 0.121. The molecule has 2 aliphatic rings. The van der Waals surface area contributed by atoms with Crippen LogP contribution in [0.1, 0.15) is 29.8 Å². The number of phenols is 2. The summed E-state index contributed by atoms with van der Waals surface area (Å²) in [7, 11) is 0. The summed E-state index contributed by atoms with van der Waals surface area (Å²) in [6.07, 6.45) is 0. The second-order valence-corrected chi connectivity index (χ2v) is 10.1. The molecule has 5 aromatic rings. The average molecular weight is 557 g/mol. The van der Waals surface area contributed by atoms with Gasteiger partial charge in [-0.25, -0.2) is 14.7 Å². The highest BCUT2D eigenvalue weighted by atomic mass is 16.5. The molecule has 0 saturated heterocycles. The number of aromatic hydroxyl groups is 2. The first-order chi connectivity index (χ1) is 20.5. The molecule has 3 N–H and O–H groups in total. The van der Waals surface area contributed by atoms with Gasteiger partial charge in [0.25, 0.3) is 0 Å². The SMILES string of the molecule is CCOc1ccc(NC2=Nc3ccccc3N3C2=Nc2c(c(C)nn2-c2ccccc2)[C@H]3c2ccc(O)c(O)c2)cc1. The molecule has 42 heavy (non-hydrogen) atoms. The minimum atomic E-state index is -0.426. The summed E-state index contributed by atoms with van der Waals surface area (Å²) in [5, 5.41) is 29.1. The van der Waals surface area contributed by atoms with Gasteiger partial charge in [-0.1, -0.05) is 36.4 Å². The number of nitrogens with zero attached hydrogens (tertiary/aromatic N) is 5.